The summed E-state index contributed by atoms with van der Waals surface area (Å²) < 4.78 is 1.02. The molecule has 0 aliphatic carbocycles. The van der Waals surface area contributed by atoms with E-state index in [-0.39, 0.29) is 11.7 Å². The summed E-state index contributed by atoms with van der Waals surface area (Å²) in [6.45, 7) is 2.04. The highest BCUT2D eigenvalue weighted by Crippen LogP contribution is 2.26. The highest BCUT2D eigenvalue weighted by atomic mass is 79.9. The predicted octanol–water partition coefficient (Wildman–Crippen LogP) is 5.49. The summed E-state index contributed by atoms with van der Waals surface area (Å²) in [6, 6.07) is 14.0. The number of aromatic amines is 1. The van der Waals surface area contributed by atoms with E-state index in [9.17, 15) is 4.79 Å². The molecule has 0 radical (unpaired) electrons. The fourth-order valence-corrected chi connectivity index (χ4v) is 4.23. The number of thioether (sulfide) groups is 1. The minimum absolute atomic E-state index is 0.103. The van der Waals surface area contributed by atoms with E-state index in [4.69, 9.17) is 0 Å². The fraction of sp³-hybridized carbons (Fsp3) is 0.105. The first-order chi connectivity index (χ1) is 13.1. The molecule has 2 aromatic carbocycles. The van der Waals surface area contributed by atoms with Crippen LogP contribution in [0, 0.1) is 6.92 Å². The molecule has 0 unspecified atom stereocenters. The molecular weight excluding hydrogens is 444 g/mol. The van der Waals surface area contributed by atoms with Crippen LogP contribution in [-0.2, 0) is 4.79 Å². The number of hydrogen-bond donors (Lipinski definition) is 2. The van der Waals surface area contributed by atoms with Crippen molar-refractivity contribution in [3.63, 3.8) is 0 Å². The average Bonchev–Trinajstić information content (AvgIpc) is 3.27. The number of imidazole rings is 1. The number of benzene rings is 2. The number of H-pyrrole nitrogens is 1. The maximum Gasteiger partial charge on any atom is 0.236 e. The molecule has 0 aliphatic heterocycles. The van der Waals surface area contributed by atoms with Gasteiger partial charge >= 0.3 is 0 Å². The number of rotatable bonds is 5. The standard InChI is InChI=1S/C19H15BrN4OS2/c1-11-2-7-14-15(8-11)22-18(21-14)27-10-17(25)24-19-23-16(9-26-19)12-3-5-13(20)6-4-12/h2-9H,10H2,1H3,(H,21,22)(H,23,24,25). The summed E-state index contributed by atoms with van der Waals surface area (Å²) in [5.74, 6) is 0.166. The lowest BCUT2D eigenvalue weighted by Crippen LogP contribution is -2.13. The van der Waals surface area contributed by atoms with Crippen molar-refractivity contribution in [2.24, 2.45) is 0 Å². The summed E-state index contributed by atoms with van der Waals surface area (Å²) in [7, 11) is 0. The molecule has 0 fully saturated rings. The van der Waals surface area contributed by atoms with Crippen molar-refractivity contribution in [1.82, 2.24) is 15.0 Å². The lowest BCUT2D eigenvalue weighted by molar-refractivity contribution is -0.113. The average molecular weight is 459 g/mol. The molecule has 2 aromatic heterocycles. The summed E-state index contributed by atoms with van der Waals surface area (Å²) >= 11 is 6.22. The number of thiazole rings is 1. The third-order valence-electron chi connectivity index (χ3n) is 3.85. The topological polar surface area (TPSA) is 70.7 Å². The van der Waals surface area contributed by atoms with Crippen molar-refractivity contribution in [1.29, 1.82) is 0 Å². The second-order valence-electron chi connectivity index (χ2n) is 5.94. The molecule has 2 heterocycles. The zero-order chi connectivity index (χ0) is 18.8. The van der Waals surface area contributed by atoms with Gasteiger partial charge in [-0.15, -0.1) is 11.3 Å². The van der Waals surface area contributed by atoms with Crippen molar-refractivity contribution in [3.8, 4) is 11.3 Å². The van der Waals surface area contributed by atoms with Gasteiger partial charge in [-0.1, -0.05) is 45.9 Å². The first-order valence-corrected chi connectivity index (χ1v) is 10.8. The number of nitrogens with one attached hydrogen (secondary N) is 2. The van der Waals surface area contributed by atoms with Gasteiger partial charge in [0.25, 0.3) is 0 Å². The smallest absolute Gasteiger partial charge is 0.236 e. The summed E-state index contributed by atoms with van der Waals surface area (Å²) in [5, 5.41) is 6.12. The van der Waals surface area contributed by atoms with Crippen molar-refractivity contribution in [2.75, 3.05) is 11.1 Å². The zero-order valence-corrected chi connectivity index (χ0v) is 17.5. The second kappa shape index (κ2) is 7.84. The second-order valence-corrected chi connectivity index (χ2v) is 8.68. The number of amides is 1. The number of carbonyl (C=O) groups excluding carboxylic acids is 1. The molecule has 0 saturated carbocycles. The van der Waals surface area contributed by atoms with Gasteiger partial charge in [0.15, 0.2) is 10.3 Å². The van der Waals surface area contributed by atoms with Crippen LogP contribution >= 0.6 is 39.0 Å². The number of aromatic nitrogens is 3. The van der Waals surface area contributed by atoms with E-state index in [0.717, 1.165) is 31.9 Å². The first-order valence-electron chi connectivity index (χ1n) is 8.17. The number of fused-ring (bicyclic) bond motifs is 1. The van der Waals surface area contributed by atoms with Crippen LogP contribution in [0.25, 0.3) is 22.3 Å². The maximum absolute atomic E-state index is 12.2. The van der Waals surface area contributed by atoms with Gasteiger partial charge in [-0.2, -0.15) is 0 Å². The van der Waals surface area contributed by atoms with Gasteiger partial charge in [-0.25, -0.2) is 9.97 Å². The molecule has 27 heavy (non-hydrogen) atoms. The minimum Gasteiger partial charge on any atom is -0.333 e. The van der Waals surface area contributed by atoms with Crippen LogP contribution in [-0.4, -0.2) is 26.6 Å². The largest absolute Gasteiger partial charge is 0.333 e. The van der Waals surface area contributed by atoms with Gasteiger partial charge in [-0.05, 0) is 36.8 Å². The molecule has 8 heteroatoms. The van der Waals surface area contributed by atoms with Gasteiger partial charge in [0, 0.05) is 15.4 Å². The molecule has 5 nitrogen and oxygen atoms in total. The minimum atomic E-state index is -0.103. The molecule has 4 rings (SSSR count). The first kappa shape index (κ1) is 18.2. The molecule has 136 valence electrons. The highest BCUT2D eigenvalue weighted by molar-refractivity contribution is 9.10. The Morgan fingerprint density at radius 3 is 2.85 bits per heavy atom. The van der Waals surface area contributed by atoms with Crippen molar-refractivity contribution in [2.45, 2.75) is 12.1 Å². The van der Waals surface area contributed by atoms with Gasteiger partial charge in [0.05, 0.1) is 22.5 Å². The molecule has 0 bridgehead atoms. The van der Waals surface area contributed by atoms with E-state index in [2.05, 4.69) is 36.2 Å². The van der Waals surface area contributed by atoms with E-state index in [1.165, 1.54) is 28.7 Å². The Morgan fingerprint density at radius 2 is 2.04 bits per heavy atom. The Hall–Kier alpha value is -2.16. The Kier molecular flexibility index (Phi) is 5.29. The van der Waals surface area contributed by atoms with Crippen LogP contribution in [0.3, 0.4) is 0 Å². The highest BCUT2D eigenvalue weighted by Gasteiger charge is 2.10. The van der Waals surface area contributed by atoms with Gasteiger partial charge in [0.1, 0.15) is 0 Å². The normalized spacial score (nSPS) is 11.0. The van der Waals surface area contributed by atoms with E-state index in [1.54, 1.807) is 0 Å². The number of hydrogen-bond acceptors (Lipinski definition) is 5. The van der Waals surface area contributed by atoms with Gasteiger partial charge < -0.3 is 10.3 Å². The molecular formula is C19H15BrN4OS2. The van der Waals surface area contributed by atoms with E-state index < -0.39 is 0 Å². The van der Waals surface area contributed by atoms with Crippen LogP contribution in [0.1, 0.15) is 5.56 Å². The molecule has 1 amide bonds. The summed E-state index contributed by atoms with van der Waals surface area (Å²) in [4.78, 5) is 24.5. The van der Waals surface area contributed by atoms with Gasteiger partial charge in [0.2, 0.25) is 5.91 Å². The zero-order valence-electron chi connectivity index (χ0n) is 14.3. The maximum atomic E-state index is 12.2. The van der Waals surface area contributed by atoms with Crippen LogP contribution < -0.4 is 5.32 Å². The van der Waals surface area contributed by atoms with E-state index >= 15 is 0 Å². The van der Waals surface area contributed by atoms with Crippen LogP contribution in [0.5, 0.6) is 0 Å². The van der Waals surface area contributed by atoms with Crippen LogP contribution in [0.4, 0.5) is 5.13 Å². The lowest BCUT2D eigenvalue weighted by atomic mass is 10.2. The monoisotopic (exact) mass is 458 g/mol. The summed E-state index contributed by atoms with van der Waals surface area (Å²) in [5.41, 5.74) is 4.93. The quantitative estimate of drug-likeness (QED) is 0.388. The Morgan fingerprint density at radius 1 is 1.22 bits per heavy atom. The number of aryl methyl sites for hydroxylation is 1. The van der Waals surface area contributed by atoms with Crippen LogP contribution in [0.2, 0.25) is 0 Å². The Balaban J connectivity index is 1.37. The van der Waals surface area contributed by atoms with Crippen molar-refractivity contribution < 1.29 is 4.79 Å². The molecule has 0 spiro atoms. The van der Waals surface area contributed by atoms with E-state index in [1.807, 2.05) is 54.8 Å². The molecule has 0 aliphatic rings. The lowest BCUT2D eigenvalue weighted by Gasteiger charge is -2.00. The number of anilines is 1. The fourth-order valence-electron chi connectivity index (χ4n) is 2.54. The number of carbonyl (C=O) groups is 1. The Bertz CT molecular complexity index is 1100. The number of halogens is 1. The van der Waals surface area contributed by atoms with Crippen molar-refractivity contribution in [3.05, 3.63) is 57.9 Å². The SMILES string of the molecule is Cc1ccc2nc(SCC(=O)Nc3nc(-c4ccc(Br)cc4)cs3)[nH]c2c1. The summed E-state index contributed by atoms with van der Waals surface area (Å²) in [6.07, 6.45) is 0. The third kappa shape index (κ3) is 4.40. The number of nitrogens with zero attached hydrogens (tertiary/aromatic N) is 2. The Labute approximate surface area is 172 Å². The molecule has 2 N–H and O–H groups in total. The molecule has 4 aromatic rings. The predicted molar refractivity (Wildman–Crippen MR) is 115 cm³/mol. The third-order valence-corrected chi connectivity index (χ3v) is 6.01. The van der Waals surface area contributed by atoms with Gasteiger partial charge in [-0.3, -0.25) is 4.79 Å². The molecule has 0 saturated heterocycles. The van der Waals surface area contributed by atoms with Crippen molar-refractivity contribution >= 4 is 61.1 Å². The van der Waals surface area contributed by atoms with E-state index in [0.29, 0.717) is 5.13 Å². The molecule has 0 atom stereocenters. The van der Waals surface area contributed by atoms with Crippen LogP contribution in [0.15, 0.2) is 57.5 Å².